The fraction of sp³-hybridized carbons (Fsp3) is 0.0769. The first kappa shape index (κ1) is 11.3. The van der Waals surface area contributed by atoms with Crippen molar-refractivity contribution >= 4 is 5.97 Å². The third kappa shape index (κ3) is 2.89. The molecule has 0 aliphatic rings. The molecule has 0 radical (unpaired) electrons. The summed E-state index contributed by atoms with van der Waals surface area (Å²) < 4.78 is 5.14. The number of aromatic nitrogens is 1. The Labute approximate surface area is 98.5 Å². The number of para-hydroxylation sites is 1. The lowest BCUT2D eigenvalue weighted by molar-refractivity contribution is 0.0734. The van der Waals surface area contributed by atoms with Gasteiger partial charge >= 0.3 is 5.97 Å². The molecule has 4 nitrogen and oxygen atoms in total. The van der Waals surface area contributed by atoms with Crippen LogP contribution in [-0.2, 0) is 6.61 Å². The molecule has 86 valence electrons. The Morgan fingerprint density at radius 3 is 2.71 bits per heavy atom. The monoisotopic (exact) mass is 229 g/mol. The Balaban J connectivity index is 2.14. The number of ether oxygens (including phenoxy) is 1. The average Bonchev–Trinajstić information content (AvgIpc) is 2.40. The van der Waals surface area contributed by atoms with Crippen molar-refractivity contribution in [2.24, 2.45) is 0 Å². The first-order valence-corrected chi connectivity index (χ1v) is 5.11. The normalized spacial score (nSPS) is 9.94. The lowest BCUT2D eigenvalue weighted by Crippen LogP contribution is -2.09. The largest absolute Gasteiger partial charge is 0.423 e. The molecule has 0 amide bonds. The Bertz CT molecular complexity index is 511. The van der Waals surface area contributed by atoms with Gasteiger partial charge in [0.15, 0.2) is 0 Å². The fourth-order valence-corrected chi connectivity index (χ4v) is 1.34. The zero-order valence-corrected chi connectivity index (χ0v) is 9.04. The van der Waals surface area contributed by atoms with E-state index in [1.54, 1.807) is 30.3 Å². The van der Waals surface area contributed by atoms with E-state index in [9.17, 15) is 4.79 Å². The van der Waals surface area contributed by atoms with Crippen molar-refractivity contribution in [1.82, 2.24) is 4.98 Å². The molecule has 0 fully saturated rings. The van der Waals surface area contributed by atoms with Crippen molar-refractivity contribution in [3.8, 4) is 5.75 Å². The summed E-state index contributed by atoms with van der Waals surface area (Å²) in [6.45, 7) is -0.153. The van der Waals surface area contributed by atoms with Crippen molar-refractivity contribution in [2.45, 2.75) is 6.61 Å². The van der Waals surface area contributed by atoms with E-state index in [1.807, 2.05) is 6.07 Å². The summed E-state index contributed by atoms with van der Waals surface area (Å²) in [6, 6.07) is 10.3. The highest BCUT2D eigenvalue weighted by atomic mass is 16.5. The molecule has 4 heteroatoms. The third-order valence-corrected chi connectivity index (χ3v) is 2.17. The standard InChI is InChI=1S/C13H11NO3/c15-9-10-6-11(8-14-7-10)13(16)17-12-4-2-1-3-5-12/h1-8,15H,9H2. The lowest BCUT2D eigenvalue weighted by atomic mass is 10.2. The highest BCUT2D eigenvalue weighted by Crippen LogP contribution is 2.12. The molecule has 0 saturated heterocycles. The van der Waals surface area contributed by atoms with Crippen molar-refractivity contribution in [3.05, 3.63) is 59.9 Å². The van der Waals surface area contributed by atoms with Gasteiger partial charge in [0.2, 0.25) is 0 Å². The average molecular weight is 229 g/mol. The minimum Gasteiger partial charge on any atom is -0.423 e. The molecule has 1 aromatic heterocycles. The molecule has 2 aromatic rings. The number of rotatable bonds is 3. The highest BCUT2D eigenvalue weighted by molar-refractivity contribution is 5.90. The van der Waals surface area contributed by atoms with Crippen molar-refractivity contribution in [3.63, 3.8) is 0 Å². The summed E-state index contributed by atoms with van der Waals surface area (Å²) in [5.74, 6) is -0.00842. The van der Waals surface area contributed by atoms with Gasteiger partial charge in [-0.25, -0.2) is 4.79 Å². The number of nitrogens with zero attached hydrogens (tertiary/aromatic N) is 1. The molecule has 2 rings (SSSR count). The number of esters is 1. The van der Waals surface area contributed by atoms with Crippen molar-refractivity contribution in [1.29, 1.82) is 0 Å². The molecule has 0 atom stereocenters. The number of carbonyl (C=O) groups excluding carboxylic acids is 1. The van der Waals surface area contributed by atoms with Crippen LogP contribution < -0.4 is 4.74 Å². The van der Waals surface area contributed by atoms with E-state index in [-0.39, 0.29) is 6.61 Å². The number of aliphatic hydroxyl groups is 1. The van der Waals surface area contributed by atoms with Gasteiger partial charge in [-0.1, -0.05) is 18.2 Å². The Morgan fingerprint density at radius 2 is 2.00 bits per heavy atom. The molecule has 0 saturated carbocycles. The predicted octanol–water partition coefficient (Wildman–Crippen LogP) is 1.79. The van der Waals surface area contributed by atoms with Crippen LogP contribution in [0, 0.1) is 0 Å². The van der Waals surface area contributed by atoms with Gasteiger partial charge in [0.25, 0.3) is 0 Å². The first-order valence-electron chi connectivity index (χ1n) is 5.11. The van der Waals surface area contributed by atoms with Gasteiger partial charge in [0.1, 0.15) is 5.75 Å². The zero-order valence-electron chi connectivity index (χ0n) is 9.04. The summed E-state index contributed by atoms with van der Waals surface area (Å²) in [6.07, 6.45) is 2.91. The van der Waals surface area contributed by atoms with E-state index in [4.69, 9.17) is 9.84 Å². The molecular weight excluding hydrogens is 218 g/mol. The summed E-state index contributed by atoms with van der Waals surface area (Å²) in [4.78, 5) is 15.6. The maximum absolute atomic E-state index is 11.7. The zero-order chi connectivity index (χ0) is 12.1. The molecule has 0 aliphatic heterocycles. The number of hydrogen-bond donors (Lipinski definition) is 1. The maximum atomic E-state index is 11.7. The maximum Gasteiger partial charge on any atom is 0.345 e. The fourth-order valence-electron chi connectivity index (χ4n) is 1.34. The first-order chi connectivity index (χ1) is 8.29. The molecular formula is C13H11NO3. The number of aliphatic hydroxyl groups excluding tert-OH is 1. The molecule has 0 unspecified atom stereocenters. The summed E-state index contributed by atoms with van der Waals surface area (Å²) >= 11 is 0. The molecule has 0 bridgehead atoms. The Hall–Kier alpha value is -2.20. The Morgan fingerprint density at radius 1 is 1.24 bits per heavy atom. The molecule has 1 heterocycles. The lowest BCUT2D eigenvalue weighted by Gasteiger charge is -2.04. The minimum atomic E-state index is -0.487. The van der Waals surface area contributed by atoms with Gasteiger partial charge in [0, 0.05) is 12.4 Å². The molecule has 0 spiro atoms. The van der Waals surface area contributed by atoms with E-state index in [1.165, 1.54) is 12.4 Å². The number of pyridine rings is 1. The SMILES string of the molecule is O=C(Oc1ccccc1)c1cncc(CO)c1. The second kappa shape index (κ2) is 5.23. The van der Waals surface area contributed by atoms with E-state index < -0.39 is 5.97 Å². The Kier molecular flexibility index (Phi) is 3.47. The van der Waals surface area contributed by atoms with Crippen LogP contribution in [0.1, 0.15) is 15.9 Å². The van der Waals surface area contributed by atoms with E-state index >= 15 is 0 Å². The van der Waals surface area contributed by atoms with Gasteiger partial charge < -0.3 is 9.84 Å². The van der Waals surface area contributed by atoms with Crippen LogP contribution in [0.5, 0.6) is 5.75 Å². The molecule has 0 aliphatic carbocycles. The quantitative estimate of drug-likeness (QED) is 0.644. The summed E-state index contributed by atoms with van der Waals surface area (Å²) in [7, 11) is 0. The van der Waals surface area contributed by atoms with Gasteiger partial charge in [-0.05, 0) is 23.8 Å². The van der Waals surface area contributed by atoms with Crippen LogP contribution in [0.4, 0.5) is 0 Å². The van der Waals surface area contributed by atoms with Crippen molar-refractivity contribution in [2.75, 3.05) is 0 Å². The number of hydrogen-bond acceptors (Lipinski definition) is 4. The minimum absolute atomic E-state index is 0.153. The van der Waals surface area contributed by atoms with Crippen LogP contribution in [-0.4, -0.2) is 16.1 Å². The molecule has 1 aromatic carbocycles. The van der Waals surface area contributed by atoms with Crippen LogP contribution in [0.3, 0.4) is 0 Å². The number of carbonyl (C=O) groups is 1. The predicted molar refractivity (Wildman–Crippen MR) is 61.6 cm³/mol. The van der Waals surface area contributed by atoms with Gasteiger partial charge in [-0.15, -0.1) is 0 Å². The van der Waals surface area contributed by atoms with Crippen LogP contribution >= 0.6 is 0 Å². The second-order valence-electron chi connectivity index (χ2n) is 3.44. The third-order valence-electron chi connectivity index (χ3n) is 2.17. The van der Waals surface area contributed by atoms with E-state index in [0.29, 0.717) is 16.9 Å². The molecule has 17 heavy (non-hydrogen) atoms. The summed E-state index contributed by atoms with van der Waals surface area (Å²) in [5, 5.41) is 8.94. The highest BCUT2D eigenvalue weighted by Gasteiger charge is 2.09. The van der Waals surface area contributed by atoms with E-state index in [2.05, 4.69) is 4.98 Å². The van der Waals surface area contributed by atoms with Gasteiger partial charge in [0.05, 0.1) is 12.2 Å². The number of benzene rings is 1. The van der Waals surface area contributed by atoms with Crippen LogP contribution in [0.15, 0.2) is 48.8 Å². The van der Waals surface area contributed by atoms with Gasteiger partial charge in [-0.2, -0.15) is 0 Å². The smallest absolute Gasteiger partial charge is 0.345 e. The van der Waals surface area contributed by atoms with Crippen LogP contribution in [0.25, 0.3) is 0 Å². The molecule has 1 N–H and O–H groups in total. The van der Waals surface area contributed by atoms with Gasteiger partial charge in [-0.3, -0.25) is 4.98 Å². The van der Waals surface area contributed by atoms with Crippen molar-refractivity contribution < 1.29 is 14.6 Å². The summed E-state index contributed by atoms with van der Waals surface area (Å²) in [5.41, 5.74) is 0.896. The van der Waals surface area contributed by atoms with Crippen LogP contribution in [0.2, 0.25) is 0 Å². The topological polar surface area (TPSA) is 59.4 Å². The van der Waals surface area contributed by atoms with E-state index in [0.717, 1.165) is 0 Å². The second-order valence-corrected chi connectivity index (χ2v) is 3.44.